The van der Waals surface area contributed by atoms with Crippen molar-refractivity contribution in [3.8, 4) is 0 Å². The van der Waals surface area contributed by atoms with E-state index in [2.05, 4.69) is 43.0 Å². The highest BCUT2D eigenvalue weighted by molar-refractivity contribution is 4.96. The van der Waals surface area contributed by atoms with E-state index in [9.17, 15) is 0 Å². The zero-order valence-corrected chi connectivity index (χ0v) is 18.4. The van der Waals surface area contributed by atoms with Crippen molar-refractivity contribution in [3.63, 3.8) is 0 Å². The maximum atomic E-state index is 2.64. The molecule has 2 heteroatoms. The molecule has 1 aliphatic heterocycles. The van der Waals surface area contributed by atoms with Gasteiger partial charge in [0.15, 0.2) is 0 Å². The Morgan fingerprint density at radius 3 is 1.42 bits per heavy atom. The van der Waals surface area contributed by atoms with Gasteiger partial charge in [-0.1, -0.05) is 97.8 Å². The summed E-state index contributed by atoms with van der Waals surface area (Å²) in [6.07, 6.45) is 27.6. The van der Waals surface area contributed by atoms with Crippen LogP contribution in [0, 0.1) is 0 Å². The van der Waals surface area contributed by atoms with Crippen LogP contribution in [-0.2, 0) is 0 Å². The summed E-state index contributed by atoms with van der Waals surface area (Å²) in [5.41, 5.74) is 0. The summed E-state index contributed by atoms with van der Waals surface area (Å²) in [4.78, 5) is 5.28. The molecule has 0 bridgehead atoms. The normalized spacial score (nSPS) is 16.8. The van der Waals surface area contributed by atoms with Crippen LogP contribution in [0.4, 0.5) is 0 Å². The first-order valence-electron chi connectivity index (χ1n) is 12.0. The molecule has 1 rings (SSSR count). The van der Waals surface area contributed by atoms with E-state index < -0.39 is 0 Å². The number of hydrogen-bond acceptors (Lipinski definition) is 2. The summed E-state index contributed by atoms with van der Waals surface area (Å²) < 4.78 is 0. The minimum Gasteiger partial charge on any atom is -0.356 e. The molecule has 1 heterocycles. The number of hydrogen-bond donors (Lipinski definition) is 0. The third-order valence-corrected chi connectivity index (χ3v) is 5.82. The van der Waals surface area contributed by atoms with Crippen LogP contribution in [-0.4, -0.2) is 29.1 Å². The minimum absolute atomic E-state index is 0.647. The molecule has 26 heavy (non-hydrogen) atoms. The Labute approximate surface area is 165 Å². The van der Waals surface area contributed by atoms with Gasteiger partial charge in [-0.3, -0.25) is 0 Å². The summed E-state index contributed by atoms with van der Waals surface area (Å²) in [6.45, 7) is 9.41. The van der Waals surface area contributed by atoms with Crippen LogP contribution >= 0.6 is 0 Å². The minimum atomic E-state index is 0.647. The molecule has 1 unspecified atom stereocenters. The van der Waals surface area contributed by atoms with Crippen LogP contribution in [0.15, 0.2) is 12.4 Å². The van der Waals surface area contributed by atoms with Crippen LogP contribution in [0.1, 0.15) is 124 Å². The van der Waals surface area contributed by atoms with E-state index in [1.165, 1.54) is 116 Å². The average Bonchev–Trinajstić information content (AvgIpc) is 3.03. The van der Waals surface area contributed by atoms with Gasteiger partial charge in [-0.25, -0.2) is 0 Å². The zero-order valence-electron chi connectivity index (χ0n) is 18.4. The van der Waals surface area contributed by atoms with Gasteiger partial charge >= 0.3 is 0 Å². The van der Waals surface area contributed by atoms with E-state index in [4.69, 9.17) is 0 Å². The Balaban J connectivity index is 2.27. The van der Waals surface area contributed by atoms with Crippen LogP contribution in [0.2, 0.25) is 0 Å². The Bertz CT molecular complexity index is 326. The first-order chi connectivity index (χ1) is 12.8. The molecule has 0 aromatic heterocycles. The first kappa shape index (κ1) is 23.4. The maximum Gasteiger partial charge on any atom is 0.101 e. The predicted octanol–water partition coefficient (Wildman–Crippen LogP) is 7.70. The SMILES string of the molecule is CCCCCCCCCCC1N(CCCCC)C=CN1CCCCCC. The van der Waals surface area contributed by atoms with Crippen molar-refractivity contribution in [1.29, 1.82) is 0 Å². The molecular formula is C24H48N2. The van der Waals surface area contributed by atoms with Gasteiger partial charge in [-0.15, -0.1) is 0 Å². The fraction of sp³-hybridized carbons (Fsp3) is 0.917. The summed E-state index contributed by atoms with van der Waals surface area (Å²) in [7, 11) is 0. The molecule has 154 valence electrons. The van der Waals surface area contributed by atoms with Crippen LogP contribution in [0.25, 0.3) is 0 Å². The lowest BCUT2D eigenvalue weighted by molar-refractivity contribution is 0.135. The molecule has 0 aliphatic carbocycles. The average molecular weight is 365 g/mol. The summed E-state index contributed by atoms with van der Waals surface area (Å²) in [6, 6.07) is 0. The van der Waals surface area contributed by atoms with Gasteiger partial charge in [-0.05, 0) is 25.7 Å². The molecule has 0 spiro atoms. The Hall–Kier alpha value is -0.660. The van der Waals surface area contributed by atoms with Crippen LogP contribution in [0.5, 0.6) is 0 Å². The standard InChI is InChI=1S/C24H48N2/c1-4-7-10-12-13-14-15-16-19-24-25(20-17-9-6-3)22-23-26(24)21-18-11-8-5-2/h22-24H,4-21H2,1-3H3. The van der Waals surface area contributed by atoms with E-state index in [1.54, 1.807) is 0 Å². The molecule has 2 nitrogen and oxygen atoms in total. The van der Waals surface area contributed by atoms with E-state index >= 15 is 0 Å². The lowest BCUT2D eigenvalue weighted by Gasteiger charge is -2.33. The quantitative estimate of drug-likeness (QED) is 0.230. The second-order valence-electron chi connectivity index (χ2n) is 8.29. The van der Waals surface area contributed by atoms with Crippen LogP contribution in [0.3, 0.4) is 0 Å². The van der Waals surface area contributed by atoms with E-state index in [0.717, 1.165) is 0 Å². The largest absolute Gasteiger partial charge is 0.356 e. The lowest BCUT2D eigenvalue weighted by atomic mass is 10.1. The maximum absolute atomic E-state index is 2.64. The number of rotatable bonds is 18. The van der Waals surface area contributed by atoms with E-state index in [0.29, 0.717) is 6.17 Å². The second kappa shape index (κ2) is 16.5. The third-order valence-electron chi connectivity index (χ3n) is 5.82. The molecule has 0 amide bonds. The van der Waals surface area contributed by atoms with Gasteiger partial charge in [0.25, 0.3) is 0 Å². The lowest BCUT2D eigenvalue weighted by Crippen LogP contribution is -2.39. The summed E-state index contributed by atoms with van der Waals surface area (Å²) >= 11 is 0. The molecule has 0 N–H and O–H groups in total. The third kappa shape index (κ3) is 10.5. The molecule has 0 aromatic carbocycles. The summed E-state index contributed by atoms with van der Waals surface area (Å²) in [5, 5.41) is 0. The van der Waals surface area contributed by atoms with Gasteiger partial charge in [0.2, 0.25) is 0 Å². The van der Waals surface area contributed by atoms with Crippen molar-refractivity contribution in [3.05, 3.63) is 12.4 Å². The van der Waals surface area contributed by atoms with E-state index in [-0.39, 0.29) is 0 Å². The van der Waals surface area contributed by atoms with Crippen molar-refractivity contribution >= 4 is 0 Å². The predicted molar refractivity (Wildman–Crippen MR) is 117 cm³/mol. The number of nitrogens with zero attached hydrogens (tertiary/aromatic N) is 2. The first-order valence-corrected chi connectivity index (χ1v) is 12.0. The molecule has 0 saturated heterocycles. The smallest absolute Gasteiger partial charge is 0.101 e. The van der Waals surface area contributed by atoms with Crippen molar-refractivity contribution in [1.82, 2.24) is 9.80 Å². The van der Waals surface area contributed by atoms with Crippen LogP contribution < -0.4 is 0 Å². The Morgan fingerprint density at radius 1 is 0.500 bits per heavy atom. The molecule has 0 fully saturated rings. The number of unbranched alkanes of at least 4 members (excludes halogenated alkanes) is 12. The molecule has 0 radical (unpaired) electrons. The summed E-state index contributed by atoms with van der Waals surface area (Å²) in [5.74, 6) is 0. The van der Waals surface area contributed by atoms with Gasteiger partial charge in [0.05, 0.1) is 0 Å². The van der Waals surface area contributed by atoms with Gasteiger partial charge in [0.1, 0.15) is 6.17 Å². The molecule has 1 atom stereocenters. The molecule has 0 saturated carbocycles. The van der Waals surface area contributed by atoms with E-state index in [1.807, 2.05) is 0 Å². The van der Waals surface area contributed by atoms with Crippen molar-refractivity contribution in [2.45, 2.75) is 130 Å². The topological polar surface area (TPSA) is 6.48 Å². The van der Waals surface area contributed by atoms with Gasteiger partial charge in [-0.2, -0.15) is 0 Å². The van der Waals surface area contributed by atoms with Gasteiger partial charge in [0, 0.05) is 25.5 Å². The molecule has 0 aromatic rings. The zero-order chi connectivity index (χ0) is 18.9. The Morgan fingerprint density at radius 2 is 0.885 bits per heavy atom. The molecular weight excluding hydrogens is 316 g/mol. The highest BCUT2D eigenvalue weighted by atomic mass is 15.4. The molecule has 1 aliphatic rings. The van der Waals surface area contributed by atoms with Gasteiger partial charge < -0.3 is 9.80 Å². The van der Waals surface area contributed by atoms with Crippen molar-refractivity contribution < 1.29 is 0 Å². The highest BCUT2D eigenvalue weighted by Gasteiger charge is 2.24. The fourth-order valence-corrected chi connectivity index (χ4v) is 4.07. The second-order valence-corrected chi connectivity index (χ2v) is 8.29. The van der Waals surface area contributed by atoms with Crippen molar-refractivity contribution in [2.75, 3.05) is 13.1 Å². The Kier molecular flexibility index (Phi) is 14.8. The van der Waals surface area contributed by atoms with Crippen molar-refractivity contribution in [2.24, 2.45) is 0 Å². The fourth-order valence-electron chi connectivity index (χ4n) is 4.07. The monoisotopic (exact) mass is 364 g/mol. The highest BCUT2D eigenvalue weighted by Crippen LogP contribution is 2.23.